The van der Waals surface area contributed by atoms with Gasteiger partial charge in [-0.05, 0) is 76.9 Å². The van der Waals surface area contributed by atoms with Gasteiger partial charge in [0.1, 0.15) is 41.6 Å². The second-order valence-electron chi connectivity index (χ2n) is 13.4. The average Bonchev–Trinajstić information content (AvgIpc) is 3.69. The second-order valence-corrected chi connectivity index (χ2v) is 13.4. The number of amides is 1. The lowest BCUT2D eigenvalue weighted by Gasteiger charge is -2.46. The van der Waals surface area contributed by atoms with Crippen molar-refractivity contribution in [1.29, 1.82) is 0 Å². The first-order chi connectivity index (χ1) is 26.3. The Morgan fingerprint density at radius 1 is 0.796 bits per heavy atom. The van der Waals surface area contributed by atoms with Crippen LogP contribution in [-0.4, -0.2) is 59.3 Å². The third-order valence-electron chi connectivity index (χ3n) is 10.5. The lowest BCUT2D eigenvalue weighted by molar-refractivity contribution is -0.179. The number of rotatable bonds is 8. The summed E-state index contributed by atoms with van der Waals surface area (Å²) in [6, 6.07) is 35.3. The molecule has 2 unspecified atom stereocenters. The molecule has 0 radical (unpaired) electrons. The number of carboxylic acid groups (broad SMARTS) is 1. The molecule has 1 spiro atoms. The van der Waals surface area contributed by atoms with E-state index in [1.165, 1.54) is 0 Å². The zero-order valence-corrected chi connectivity index (χ0v) is 29.2. The lowest BCUT2D eigenvalue weighted by Crippen LogP contribution is -2.52. The van der Waals surface area contributed by atoms with E-state index in [0.717, 1.165) is 16.7 Å². The van der Waals surface area contributed by atoms with Gasteiger partial charge in [0, 0.05) is 16.8 Å². The zero-order chi connectivity index (χ0) is 37.4. The van der Waals surface area contributed by atoms with Gasteiger partial charge in [0.05, 0.1) is 25.8 Å². The number of carbonyl (C=O) groups excluding carboxylic acids is 2. The Morgan fingerprint density at radius 2 is 1.46 bits per heavy atom. The molecule has 10 nitrogen and oxygen atoms in total. The minimum Gasteiger partial charge on any atom is -0.497 e. The summed E-state index contributed by atoms with van der Waals surface area (Å²) >= 11 is 0. The normalized spacial score (nSPS) is 24.1. The summed E-state index contributed by atoms with van der Waals surface area (Å²) < 4.78 is 17.4. The van der Waals surface area contributed by atoms with Gasteiger partial charge in [-0.1, -0.05) is 84.6 Å². The van der Waals surface area contributed by atoms with E-state index < -0.39 is 53.4 Å². The lowest BCUT2D eigenvalue weighted by atomic mass is 9.65. The Balaban J connectivity index is 1.38. The molecule has 270 valence electrons. The molecule has 0 saturated carbocycles. The number of hydrogen-bond donors (Lipinski definition) is 3. The molecule has 6 atom stereocenters. The molecule has 8 rings (SSSR count). The van der Waals surface area contributed by atoms with E-state index in [1.54, 1.807) is 43.5 Å². The topological polar surface area (TPSA) is 135 Å². The molecule has 5 aromatic carbocycles. The Hall–Kier alpha value is -6.41. The number of cyclic esters (lactones) is 1. The van der Waals surface area contributed by atoms with E-state index >= 15 is 0 Å². The van der Waals surface area contributed by atoms with Crippen LogP contribution in [0.5, 0.6) is 11.5 Å². The summed E-state index contributed by atoms with van der Waals surface area (Å²) in [6.45, 7) is -0.193. The van der Waals surface area contributed by atoms with Crippen LogP contribution in [0.25, 0.3) is 0 Å². The first-order valence-electron chi connectivity index (χ1n) is 17.6. The fourth-order valence-electron chi connectivity index (χ4n) is 8.41. The summed E-state index contributed by atoms with van der Waals surface area (Å²) in [4.78, 5) is 45.2. The number of anilines is 1. The average molecular weight is 721 g/mol. The number of aliphatic carboxylic acids is 1. The number of esters is 1. The predicted molar refractivity (Wildman–Crippen MR) is 199 cm³/mol. The van der Waals surface area contributed by atoms with Crippen LogP contribution in [0.4, 0.5) is 5.69 Å². The molecule has 10 heteroatoms. The minimum absolute atomic E-state index is 0.0257. The highest BCUT2D eigenvalue weighted by molar-refractivity contribution is 6.11. The third-order valence-corrected chi connectivity index (χ3v) is 10.5. The number of benzene rings is 5. The molecule has 3 aliphatic heterocycles. The van der Waals surface area contributed by atoms with E-state index in [0.29, 0.717) is 33.9 Å². The standard InChI is InChI=1S/C44H36N2O8/c1-52-32-20-17-27(18-21-32)15-16-28-19-22-35-34(25-28)44(43(51)45-35)36(41(48)49)38-42(50)54-39(30-11-6-3-7-12-30)37(29-9-4-2-5-10-29)46(38)40(44)31-13-8-14-33(26-31)53-24-23-47/h2-14,17-22,25-26,36-40,47H,23-24H2,1H3,(H,45,51)(H,48,49)/t36-,37-,38?,39+,40+,44?/m1/s1. The van der Waals surface area contributed by atoms with Gasteiger partial charge in [0.25, 0.3) is 0 Å². The Bertz CT molecular complexity index is 2280. The first-order valence-corrected chi connectivity index (χ1v) is 17.6. The maximum absolute atomic E-state index is 14.9. The van der Waals surface area contributed by atoms with Gasteiger partial charge in [-0.15, -0.1) is 0 Å². The van der Waals surface area contributed by atoms with E-state index in [-0.39, 0.29) is 13.2 Å². The second kappa shape index (κ2) is 14.2. The van der Waals surface area contributed by atoms with Gasteiger partial charge in [-0.3, -0.25) is 19.3 Å². The molecule has 0 bridgehead atoms. The molecule has 0 aromatic heterocycles. The van der Waals surface area contributed by atoms with Crippen LogP contribution < -0.4 is 14.8 Å². The maximum atomic E-state index is 14.9. The van der Waals surface area contributed by atoms with Gasteiger partial charge in [-0.2, -0.15) is 0 Å². The zero-order valence-electron chi connectivity index (χ0n) is 29.2. The highest BCUT2D eigenvalue weighted by Gasteiger charge is 2.74. The van der Waals surface area contributed by atoms with Crippen molar-refractivity contribution in [2.45, 2.75) is 29.6 Å². The Morgan fingerprint density at radius 3 is 2.15 bits per heavy atom. The summed E-state index contributed by atoms with van der Waals surface area (Å²) in [6.07, 6.45) is -0.844. The van der Waals surface area contributed by atoms with Gasteiger partial charge in [0.15, 0.2) is 0 Å². The van der Waals surface area contributed by atoms with Crippen LogP contribution in [0, 0.1) is 17.8 Å². The molecule has 54 heavy (non-hydrogen) atoms. The van der Waals surface area contributed by atoms with E-state index in [1.807, 2.05) is 95.9 Å². The Labute approximate surface area is 311 Å². The fraction of sp³-hybridized carbons (Fsp3) is 0.205. The molecular formula is C44H36N2O8. The van der Waals surface area contributed by atoms with Crippen LogP contribution in [0.2, 0.25) is 0 Å². The molecule has 3 aliphatic rings. The van der Waals surface area contributed by atoms with Crippen molar-refractivity contribution >= 4 is 23.5 Å². The molecule has 2 saturated heterocycles. The van der Waals surface area contributed by atoms with Crippen molar-refractivity contribution in [1.82, 2.24) is 4.90 Å². The number of hydrogen-bond acceptors (Lipinski definition) is 8. The smallest absolute Gasteiger partial charge is 0.325 e. The monoisotopic (exact) mass is 720 g/mol. The van der Waals surface area contributed by atoms with Crippen LogP contribution in [0.1, 0.15) is 51.6 Å². The molecule has 2 fully saturated rings. The van der Waals surface area contributed by atoms with Crippen molar-refractivity contribution < 1.29 is 38.8 Å². The van der Waals surface area contributed by atoms with Gasteiger partial charge in [0.2, 0.25) is 5.91 Å². The highest BCUT2D eigenvalue weighted by atomic mass is 16.6. The number of ether oxygens (including phenoxy) is 3. The van der Waals surface area contributed by atoms with E-state index in [2.05, 4.69) is 17.2 Å². The van der Waals surface area contributed by atoms with Crippen molar-refractivity contribution in [2.24, 2.45) is 5.92 Å². The Kier molecular flexibility index (Phi) is 9.11. The van der Waals surface area contributed by atoms with Crippen molar-refractivity contribution in [3.8, 4) is 23.3 Å². The minimum atomic E-state index is -1.84. The number of aliphatic hydroxyl groups is 1. The van der Waals surface area contributed by atoms with Crippen LogP contribution in [0.15, 0.2) is 127 Å². The number of nitrogens with one attached hydrogen (secondary N) is 1. The quantitative estimate of drug-likeness (QED) is 0.134. The molecule has 1 amide bonds. The van der Waals surface area contributed by atoms with E-state index in [9.17, 15) is 24.6 Å². The van der Waals surface area contributed by atoms with Crippen LogP contribution >= 0.6 is 0 Å². The van der Waals surface area contributed by atoms with Crippen molar-refractivity contribution in [2.75, 3.05) is 25.6 Å². The number of aliphatic hydroxyl groups excluding tert-OH is 1. The summed E-state index contributed by atoms with van der Waals surface area (Å²) in [5.74, 6) is 3.27. The van der Waals surface area contributed by atoms with Crippen molar-refractivity contribution in [3.05, 3.63) is 161 Å². The summed E-state index contributed by atoms with van der Waals surface area (Å²) in [5, 5.41) is 23.8. The number of carboxylic acids is 1. The first kappa shape index (κ1) is 34.7. The van der Waals surface area contributed by atoms with Gasteiger partial charge < -0.3 is 29.7 Å². The predicted octanol–water partition coefficient (Wildman–Crippen LogP) is 5.82. The largest absolute Gasteiger partial charge is 0.497 e. The molecular weight excluding hydrogens is 684 g/mol. The molecule has 0 aliphatic carbocycles. The van der Waals surface area contributed by atoms with Crippen LogP contribution in [-0.2, 0) is 24.5 Å². The fourth-order valence-corrected chi connectivity index (χ4v) is 8.41. The van der Waals surface area contributed by atoms with Gasteiger partial charge >= 0.3 is 11.9 Å². The molecule has 3 heterocycles. The number of methoxy groups -OCH3 is 1. The summed E-state index contributed by atoms with van der Waals surface area (Å²) in [7, 11) is 1.59. The third kappa shape index (κ3) is 5.75. The number of fused-ring (bicyclic) bond motifs is 3. The van der Waals surface area contributed by atoms with Gasteiger partial charge in [-0.25, -0.2) is 0 Å². The highest BCUT2D eigenvalue weighted by Crippen LogP contribution is 2.64. The van der Waals surface area contributed by atoms with Crippen LogP contribution in [0.3, 0.4) is 0 Å². The maximum Gasteiger partial charge on any atom is 0.325 e. The SMILES string of the molecule is COc1ccc(C#Cc2ccc3c(c2)C2(C(=O)N3)[C@H](c3cccc(OCCO)c3)N3C(C(=O)O[C@@H](c4ccccc4)[C@H]3c3ccccc3)[C@@H]2C(=O)O)cc1. The molecule has 3 N–H and O–H groups in total. The number of nitrogens with zero attached hydrogens (tertiary/aromatic N) is 1. The molecule has 5 aromatic rings. The summed E-state index contributed by atoms with van der Waals surface area (Å²) in [5.41, 5.74) is 2.35. The van der Waals surface area contributed by atoms with Crippen molar-refractivity contribution in [3.63, 3.8) is 0 Å². The van der Waals surface area contributed by atoms with E-state index in [4.69, 9.17) is 14.2 Å². The number of carbonyl (C=O) groups is 3. The number of morpholine rings is 1.